The van der Waals surface area contributed by atoms with Crippen LogP contribution in [0.1, 0.15) is 22.3 Å². The zero-order valence-corrected chi connectivity index (χ0v) is 15.9. The highest BCUT2D eigenvalue weighted by Gasteiger charge is 2.14. The number of hydrogen-bond donors (Lipinski definition) is 4. The van der Waals surface area contributed by atoms with Crippen molar-refractivity contribution in [1.29, 1.82) is 0 Å². The molecule has 0 atom stereocenters. The Morgan fingerprint density at radius 1 is 0.333 bits per heavy atom. The molecule has 0 amide bonds. The summed E-state index contributed by atoms with van der Waals surface area (Å²) in [5.74, 6) is 2.63. The molecule has 2 aliphatic heterocycles. The molecule has 0 radical (unpaired) electrons. The molecule has 8 heteroatoms. The average molecular weight is 394 g/mol. The molecule has 5 rings (SSSR count). The Hall–Kier alpha value is -4.46. The fraction of sp³-hybridized carbons (Fsp3) is 0. The first-order chi connectivity index (χ1) is 14.9. The van der Waals surface area contributed by atoms with Crippen molar-refractivity contribution in [2.24, 2.45) is 20.4 Å². The molecular weight excluding hydrogens is 376 g/mol. The second-order valence-corrected chi connectivity index (χ2v) is 6.60. The van der Waals surface area contributed by atoms with Crippen LogP contribution in [0.25, 0.3) is 0 Å². The molecule has 30 heavy (non-hydrogen) atoms. The number of nitrogens with one attached hydrogen (secondary N) is 4. The van der Waals surface area contributed by atoms with Crippen LogP contribution in [0.5, 0.6) is 0 Å². The lowest BCUT2D eigenvalue weighted by atomic mass is 10.1. The normalized spacial score (nSPS) is 15.2. The topological polar surface area (TPSA) is 97.6 Å². The van der Waals surface area contributed by atoms with Crippen LogP contribution in [0.3, 0.4) is 0 Å². The van der Waals surface area contributed by atoms with E-state index in [1.165, 1.54) is 0 Å². The average Bonchev–Trinajstić information content (AvgIpc) is 2.85. The molecule has 0 aliphatic carbocycles. The minimum absolute atomic E-state index is 0.641. The monoisotopic (exact) mass is 394 g/mol. The van der Waals surface area contributed by atoms with Gasteiger partial charge in [-0.05, 0) is 0 Å². The van der Waals surface area contributed by atoms with E-state index in [0.29, 0.717) is 23.3 Å². The van der Waals surface area contributed by atoms with E-state index in [4.69, 9.17) is 0 Å². The standard InChI is InChI=1S/C22H18N8/c1-3-7-15(8-4-1)19-23-27-21(28-24-19)17-11-13-18(14-12-17)22-29-25-20(26-30-22)16-9-5-2-6-10-16/h1-14H,(H,23,24)(H,25,26)(H,27,28)(H,29,30). The van der Waals surface area contributed by atoms with E-state index in [0.717, 1.165) is 22.3 Å². The zero-order valence-electron chi connectivity index (χ0n) is 15.9. The predicted octanol–water partition coefficient (Wildman–Crippen LogP) is 2.12. The maximum absolute atomic E-state index is 4.39. The molecule has 0 saturated carbocycles. The van der Waals surface area contributed by atoms with Crippen molar-refractivity contribution in [3.05, 3.63) is 107 Å². The van der Waals surface area contributed by atoms with Crippen LogP contribution in [-0.4, -0.2) is 23.3 Å². The van der Waals surface area contributed by atoms with Gasteiger partial charge >= 0.3 is 0 Å². The van der Waals surface area contributed by atoms with Gasteiger partial charge in [-0.2, -0.15) is 20.4 Å². The summed E-state index contributed by atoms with van der Waals surface area (Å²) in [5, 5.41) is 17.5. The summed E-state index contributed by atoms with van der Waals surface area (Å²) in [4.78, 5) is 0. The molecular formula is C22H18N8. The third kappa shape index (κ3) is 3.61. The van der Waals surface area contributed by atoms with Gasteiger partial charge in [0.2, 0.25) is 0 Å². The number of hydrogen-bond acceptors (Lipinski definition) is 8. The van der Waals surface area contributed by atoms with Crippen molar-refractivity contribution in [3.8, 4) is 0 Å². The smallest absolute Gasteiger partial charge is 0.173 e. The maximum atomic E-state index is 4.39. The van der Waals surface area contributed by atoms with Gasteiger partial charge in [-0.25, -0.2) is 0 Å². The van der Waals surface area contributed by atoms with Crippen LogP contribution >= 0.6 is 0 Å². The third-order valence-electron chi connectivity index (χ3n) is 4.62. The fourth-order valence-corrected chi connectivity index (χ4v) is 3.03. The first-order valence-corrected chi connectivity index (χ1v) is 9.43. The predicted molar refractivity (Wildman–Crippen MR) is 118 cm³/mol. The molecule has 2 heterocycles. The maximum Gasteiger partial charge on any atom is 0.173 e. The third-order valence-corrected chi connectivity index (χ3v) is 4.62. The summed E-state index contributed by atoms with van der Waals surface area (Å²) in [7, 11) is 0. The first kappa shape index (κ1) is 17.6. The van der Waals surface area contributed by atoms with Gasteiger partial charge in [0.25, 0.3) is 0 Å². The van der Waals surface area contributed by atoms with E-state index in [1.807, 2.05) is 84.9 Å². The van der Waals surface area contributed by atoms with Gasteiger partial charge in [0.05, 0.1) is 0 Å². The second kappa shape index (κ2) is 7.88. The summed E-state index contributed by atoms with van der Waals surface area (Å²) < 4.78 is 0. The molecule has 4 N–H and O–H groups in total. The number of rotatable bonds is 4. The van der Waals surface area contributed by atoms with Crippen molar-refractivity contribution in [1.82, 2.24) is 21.7 Å². The Labute approximate surface area is 173 Å². The van der Waals surface area contributed by atoms with Crippen LogP contribution < -0.4 is 21.7 Å². The van der Waals surface area contributed by atoms with Crippen molar-refractivity contribution in [3.63, 3.8) is 0 Å². The lowest BCUT2D eigenvalue weighted by Gasteiger charge is -2.16. The molecule has 0 fully saturated rings. The molecule has 0 aromatic heterocycles. The number of nitrogens with zero attached hydrogens (tertiary/aromatic N) is 4. The summed E-state index contributed by atoms with van der Waals surface area (Å²) in [5.41, 5.74) is 15.7. The van der Waals surface area contributed by atoms with Crippen LogP contribution in [0.15, 0.2) is 105 Å². The van der Waals surface area contributed by atoms with E-state index in [2.05, 4.69) is 42.1 Å². The molecule has 0 unspecified atom stereocenters. The molecule has 0 spiro atoms. The minimum Gasteiger partial charge on any atom is -0.257 e. The van der Waals surface area contributed by atoms with Crippen molar-refractivity contribution in [2.75, 3.05) is 0 Å². The van der Waals surface area contributed by atoms with E-state index in [1.54, 1.807) is 0 Å². The summed E-state index contributed by atoms with van der Waals surface area (Å²) in [6.45, 7) is 0. The Kier molecular flexibility index (Phi) is 4.63. The highest BCUT2D eigenvalue weighted by molar-refractivity contribution is 6.08. The van der Waals surface area contributed by atoms with Crippen molar-refractivity contribution >= 4 is 23.3 Å². The van der Waals surface area contributed by atoms with Crippen molar-refractivity contribution in [2.45, 2.75) is 0 Å². The van der Waals surface area contributed by atoms with Gasteiger partial charge in [-0.1, -0.05) is 84.9 Å². The lowest BCUT2D eigenvalue weighted by Crippen LogP contribution is -2.35. The SMILES string of the molecule is c1ccc(C2=NNC(c3ccc(C4=NNC(c5ccccc5)=NN4)cc3)=NN2)cc1. The van der Waals surface area contributed by atoms with Gasteiger partial charge < -0.3 is 0 Å². The summed E-state index contributed by atoms with van der Waals surface area (Å²) >= 11 is 0. The summed E-state index contributed by atoms with van der Waals surface area (Å²) in [6, 6.07) is 27.5. The number of amidine groups is 4. The molecule has 2 aliphatic rings. The Morgan fingerprint density at radius 2 is 0.600 bits per heavy atom. The van der Waals surface area contributed by atoms with E-state index in [-0.39, 0.29) is 0 Å². The van der Waals surface area contributed by atoms with E-state index >= 15 is 0 Å². The number of hydrazone groups is 4. The largest absolute Gasteiger partial charge is 0.257 e. The van der Waals surface area contributed by atoms with Gasteiger partial charge in [0, 0.05) is 22.3 Å². The Bertz CT molecular complexity index is 1070. The minimum atomic E-state index is 0.641. The molecule has 8 nitrogen and oxygen atoms in total. The molecule has 3 aromatic carbocycles. The van der Waals surface area contributed by atoms with E-state index in [9.17, 15) is 0 Å². The highest BCUT2D eigenvalue weighted by Crippen LogP contribution is 2.09. The van der Waals surface area contributed by atoms with Crippen LogP contribution in [0.2, 0.25) is 0 Å². The van der Waals surface area contributed by atoms with Gasteiger partial charge in [-0.15, -0.1) is 0 Å². The van der Waals surface area contributed by atoms with E-state index < -0.39 is 0 Å². The Balaban J connectivity index is 1.25. The lowest BCUT2D eigenvalue weighted by molar-refractivity contribution is 0.881. The van der Waals surface area contributed by atoms with Crippen LogP contribution in [-0.2, 0) is 0 Å². The second-order valence-electron chi connectivity index (χ2n) is 6.60. The highest BCUT2D eigenvalue weighted by atomic mass is 15.5. The molecule has 3 aromatic rings. The van der Waals surface area contributed by atoms with Gasteiger partial charge in [0.1, 0.15) is 0 Å². The first-order valence-electron chi connectivity index (χ1n) is 9.43. The molecule has 0 bridgehead atoms. The zero-order chi connectivity index (χ0) is 20.2. The van der Waals surface area contributed by atoms with Crippen LogP contribution in [0.4, 0.5) is 0 Å². The number of benzene rings is 3. The van der Waals surface area contributed by atoms with Gasteiger partial charge in [0.15, 0.2) is 23.3 Å². The Morgan fingerprint density at radius 3 is 0.867 bits per heavy atom. The fourth-order valence-electron chi connectivity index (χ4n) is 3.03. The molecule has 146 valence electrons. The van der Waals surface area contributed by atoms with Gasteiger partial charge in [-0.3, -0.25) is 21.7 Å². The van der Waals surface area contributed by atoms with Crippen molar-refractivity contribution < 1.29 is 0 Å². The molecule has 0 saturated heterocycles. The summed E-state index contributed by atoms with van der Waals surface area (Å²) in [6.07, 6.45) is 0. The quantitative estimate of drug-likeness (QED) is 0.545. The van der Waals surface area contributed by atoms with Crippen LogP contribution in [0, 0.1) is 0 Å².